The Bertz CT molecular complexity index is 628. The Hall–Kier alpha value is -1.62. The van der Waals surface area contributed by atoms with E-state index >= 15 is 0 Å². The molecular weight excluding hydrogens is 235 g/mol. The van der Waals surface area contributed by atoms with Crippen molar-refractivity contribution >= 4 is 11.0 Å². The van der Waals surface area contributed by atoms with Crippen LogP contribution in [0.5, 0.6) is 5.75 Å². The summed E-state index contributed by atoms with van der Waals surface area (Å²) in [5, 5.41) is 10.2. The quantitative estimate of drug-likeness (QED) is 0.845. The van der Waals surface area contributed by atoms with E-state index in [-0.39, 0.29) is 11.6 Å². The minimum atomic E-state index is -1.12. The molecule has 1 aromatic carbocycles. The largest absolute Gasteiger partial charge is 0.489 e. The Balaban J connectivity index is 2.45. The van der Waals surface area contributed by atoms with Gasteiger partial charge in [0.1, 0.15) is 34.8 Å². The molecule has 1 atom stereocenters. The number of imidazole rings is 1. The second-order valence-electron chi connectivity index (χ2n) is 5.27. The molecule has 0 fully saturated rings. The molecule has 96 valence electrons. The fourth-order valence-corrected chi connectivity index (χ4v) is 2.40. The van der Waals surface area contributed by atoms with E-state index in [4.69, 9.17) is 4.74 Å². The highest BCUT2D eigenvalue weighted by Crippen LogP contribution is 2.37. The van der Waals surface area contributed by atoms with Crippen LogP contribution in [0.4, 0.5) is 4.39 Å². The summed E-state index contributed by atoms with van der Waals surface area (Å²) in [6, 6.07) is 2.97. The molecule has 2 heterocycles. The van der Waals surface area contributed by atoms with Crippen molar-refractivity contribution in [1.29, 1.82) is 0 Å². The first-order valence-corrected chi connectivity index (χ1v) is 5.95. The molecule has 0 aliphatic carbocycles. The molecule has 0 bridgehead atoms. The number of nitrogens with zero attached hydrogens (tertiary/aromatic N) is 2. The van der Waals surface area contributed by atoms with E-state index in [1.165, 1.54) is 6.07 Å². The highest BCUT2D eigenvalue weighted by molar-refractivity contribution is 5.84. The van der Waals surface area contributed by atoms with Crippen molar-refractivity contribution < 1.29 is 14.2 Å². The number of halogens is 1. The lowest BCUT2D eigenvalue weighted by Gasteiger charge is -2.27. The van der Waals surface area contributed by atoms with E-state index < -0.39 is 11.4 Å². The maximum absolute atomic E-state index is 13.8. The van der Waals surface area contributed by atoms with Gasteiger partial charge in [0, 0.05) is 0 Å². The Morgan fingerprint density at radius 1 is 1.50 bits per heavy atom. The van der Waals surface area contributed by atoms with Crippen molar-refractivity contribution in [3.8, 4) is 5.75 Å². The summed E-state index contributed by atoms with van der Waals surface area (Å²) in [5.41, 5.74) is -0.226. The molecule has 1 N–H and O–H groups in total. The third-order valence-corrected chi connectivity index (χ3v) is 3.22. The van der Waals surface area contributed by atoms with Gasteiger partial charge in [0.05, 0.1) is 6.04 Å². The molecule has 0 saturated heterocycles. The van der Waals surface area contributed by atoms with Gasteiger partial charge < -0.3 is 14.4 Å². The average molecular weight is 250 g/mol. The lowest BCUT2D eigenvalue weighted by atomic mass is 10.1. The van der Waals surface area contributed by atoms with Crippen molar-refractivity contribution in [2.24, 2.45) is 0 Å². The van der Waals surface area contributed by atoms with Crippen LogP contribution in [0.25, 0.3) is 11.0 Å². The van der Waals surface area contributed by atoms with Crippen molar-refractivity contribution in [2.45, 2.75) is 32.4 Å². The molecule has 1 aliphatic heterocycles. The first-order chi connectivity index (χ1) is 8.39. The zero-order chi connectivity index (χ0) is 13.1. The van der Waals surface area contributed by atoms with Crippen LogP contribution >= 0.6 is 0 Å². The zero-order valence-electron chi connectivity index (χ0n) is 10.6. The van der Waals surface area contributed by atoms with E-state index in [2.05, 4.69) is 4.98 Å². The molecule has 18 heavy (non-hydrogen) atoms. The molecule has 0 saturated carbocycles. The summed E-state index contributed by atoms with van der Waals surface area (Å²) in [7, 11) is 0. The van der Waals surface area contributed by atoms with Crippen LogP contribution in [0.3, 0.4) is 0 Å². The van der Waals surface area contributed by atoms with Crippen molar-refractivity contribution in [3.63, 3.8) is 0 Å². The summed E-state index contributed by atoms with van der Waals surface area (Å²) < 4.78 is 21.3. The number of hydrogen-bond donors (Lipinski definition) is 1. The van der Waals surface area contributed by atoms with Crippen molar-refractivity contribution in [2.75, 3.05) is 6.61 Å². The summed E-state index contributed by atoms with van der Waals surface area (Å²) in [6.07, 6.45) is 0. The Labute approximate surface area is 104 Å². The van der Waals surface area contributed by atoms with E-state index in [1.54, 1.807) is 19.9 Å². The monoisotopic (exact) mass is 250 g/mol. The van der Waals surface area contributed by atoms with Crippen LogP contribution in [-0.4, -0.2) is 21.3 Å². The van der Waals surface area contributed by atoms with E-state index in [1.807, 2.05) is 11.5 Å². The van der Waals surface area contributed by atoms with Gasteiger partial charge in [0.15, 0.2) is 5.82 Å². The topological polar surface area (TPSA) is 47.3 Å². The van der Waals surface area contributed by atoms with Gasteiger partial charge in [-0.3, -0.25) is 0 Å². The first-order valence-electron chi connectivity index (χ1n) is 5.95. The maximum atomic E-state index is 13.8. The van der Waals surface area contributed by atoms with Crippen LogP contribution in [-0.2, 0) is 5.60 Å². The predicted octanol–water partition coefficient (Wildman–Crippen LogP) is 2.36. The molecule has 4 nitrogen and oxygen atoms in total. The first kappa shape index (κ1) is 11.5. The van der Waals surface area contributed by atoms with Gasteiger partial charge in [-0.05, 0) is 32.9 Å². The van der Waals surface area contributed by atoms with Crippen LogP contribution in [0, 0.1) is 5.82 Å². The van der Waals surface area contributed by atoms with E-state index in [0.29, 0.717) is 23.7 Å². The highest BCUT2D eigenvalue weighted by atomic mass is 19.1. The third kappa shape index (κ3) is 1.43. The van der Waals surface area contributed by atoms with Gasteiger partial charge in [0.25, 0.3) is 0 Å². The molecular formula is C13H15FN2O2. The van der Waals surface area contributed by atoms with Crippen LogP contribution in [0.15, 0.2) is 12.1 Å². The molecule has 5 heteroatoms. The SMILES string of the molecule is C[C@H]1COc2ccc(F)c3nc(C(C)(C)O)n1c23. The number of rotatable bonds is 1. The molecule has 1 aromatic heterocycles. The Kier molecular flexibility index (Phi) is 2.20. The number of ether oxygens (including phenoxy) is 1. The van der Waals surface area contributed by atoms with Crippen LogP contribution in [0.1, 0.15) is 32.6 Å². The van der Waals surface area contributed by atoms with E-state index in [0.717, 1.165) is 0 Å². The summed E-state index contributed by atoms with van der Waals surface area (Å²) in [5.74, 6) is 0.697. The second kappa shape index (κ2) is 3.45. The summed E-state index contributed by atoms with van der Waals surface area (Å²) in [6.45, 7) is 5.76. The smallest absolute Gasteiger partial charge is 0.151 e. The Morgan fingerprint density at radius 3 is 2.89 bits per heavy atom. The predicted molar refractivity (Wildman–Crippen MR) is 65.1 cm³/mol. The van der Waals surface area contributed by atoms with Crippen molar-refractivity contribution in [1.82, 2.24) is 9.55 Å². The lowest BCUT2D eigenvalue weighted by Crippen LogP contribution is -2.27. The molecule has 0 unspecified atom stereocenters. The maximum Gasteiger partial charge on any atom is 0.151 e. The average Bonchev–Trinajstić information content (AvgIpc) is 2.69. The van der Waals surface area contributed by atoms with Gasteiger partial charge in [-0.25, -0.2) is 9.37 Å². The van der Waals surface area contributed by atoms with Gasteiger partial charge in [-0.1, -0.05) is 0 Å². The van der Waals surface area contributed by atoms with Gasteiger partial charge >= 0.3 is 0 Å². The summed E-state index contributed by atoms with van der Waals surface area (Å²) in [4.78, 5) is 4.26. The Morgan fingerprint density at radius 2 is 2.22 bits per heavy atom. The standard InChI is InChI=1S/C13H15FN2O2/c1-7-6-18-9-5-4-8(14)10-11(9)16(7)12(15-10)13(2,3)17/h4-5,7,17H,6H2,1-3H3/t7-/m0/s1. The number of aliphatic hydroxyl groups is 1. The zero-order valence-corrected chi connectivity index (χ0v) is 10.6. The second-order valence-corrected chi connectivity index (χ2v) is 5.27. The van der Waals surface area contributed by atoms with Gasteiger partial charge in [0.2, 0.25) is 0 Å². The molecule has 0 amide bonds. The van der Waals surface area contributed by atoms with Gasteiger partial charge in [-0.15, -0.1) is 0 Å². The van der Waals surface area contributed by atoms with Crippen molar-refractivity contribution in [3.05, 3.63) is 23.8 Å². The van der Waals surface area contributed by atoms with Crippen LogP contribution in [0.2, 0.25) is 0 Å². The molecule has 3 rings (SSSR count). The highest BCUT2D eigenvalue weighted by Gasteiger charge is 2.32. The van der Waals surface area contributed by atoms with Gasteiger partial charge in [-0.2, -0.15) is 0 Å². The van der Waals surface area contributed by atoms with Crippen LogP contribution < -0.4 is 4.74 Å². The number of aromatic nitrogens is 2. The summed E-state index contributed by atoms with van der Waals surface area (Å²) >= 11 is 0. The molecule has 1 aliphatic rings. The third-order valence-electron chi connectivity index (χ3n) is 3.22. The molecule has 0 spiro atoms. The lowest BCUT2D eigenvalue weighted by molar-refractivity contribution is 0.0615. The number of hydrogen-bond acceptors (Lipinski definition) is 3. The normalized spacial score (nSPS) is 19.1. The molecule has 2 aromatic rings. The molecule has 0 radical (unpaired) electrons. The fourth-order valence-electron chi connectivity index (χ4n) is 2.40. The fraction of sp³-hybridized carbons (Fsp3) is 0.462. The minimum Gasteiger partial charge on any atom is -0.489 e. The van der Waals surface area contributed by atoms with E-state index in [9.17, 15) is 9.50 Å². The number of benzene rings is 1. The minimum absolute atomic E-state index is 0.0192.